The summed E-state index contributed by atoms with van der Waals surface area (Å²) < 4.78 is 0. The lowest BCUT2D eigenvalue weighted by Gasteiger charge is -2.25. The molecular formula is C15H24N2O. The quantitative estimate of drug-likeness (QED) is 0.837. The van der Waals surface area contributed by atoms with Crippen molar-refractivity contribution in [3.63, 3.8) is 0 Å². The molecule has 1 aromatic rings. The fraction of sp³-hybridized carbons (Fsp3) is 0.600. The minimum atomic E-state index is -0.269. The molecule has 1 aromatic carbocycles. The van der Waals surface area contributed by atoms with Crippen molar-refractivity contribution < 1.29 is 5.11 Å². The van der Waals surface area contributed by atoms with Crippen LogP contribution in [0.2, 0.25) is 0 Å². The molecule has 2 atom stereocenters. The molecule has 0 saturated carbocycles. The molecule has 3 nitrogen and oxygen atoms in total. The van der Waals surface area contributed by atoms with Gasteiger partial charge >= 0.3 is 0 Å². The summed E-state index contributed by atoms with van der Waals surface area (Å²) in [4.78, 5) is 2.31. The van der Waals surface area contributed by atoms with Gasteiger partial charge in [0.2, 0.25) is 0 Å². The Labute approximate surface area is 110 Å². The third-order valence-corrected chi connectivity index (χ3v) is 3.85. The second-order valence-corrected chi connectivity index (χ2v) is 5.55. The van der Waals surface area contributed by atoms with Gasteiger partial charge in [0.05, 0.1) is 6.10 Å². The second-order valence-electron chi connectivity index (χ2n) is 5.55. The van der Waals surface area contributed by atoms with Gasteiger partial charge in [0, 0.05) is 24.7 Å². The van der Waals surface area contributed by atoms with Crippen LogP contribution in [0.1, 0.15) is 31.7 Å². The van der Waals surface area contributed by atoms with E-state index in [1.54, 1.807) is 0 Å². The van der Waals surface area contributed by atoms with Gasteiger partial charge in [-0.15, -0.1) is 0 Å². The number of rotatable bonds is 5. The van der Waals surface area contributed by atoms with Gasteiger partial charge in [-0.25, -0.2) is 0 Å². The predicted molar refractivity (Wildman–Crippen MR) is 75.9 cm³/mol. The molecule has 0 fully saturated rings. The summed E-state index contributed by atoms with van der Waals surface area (Å²) in [6, 6.07) is 8.50. The van der Waals surface area contributed by atoms with E-state index in [-0.39, 0.29) is 6.10 Å². The number of nitrogens with two attached hydrogens (primary N) is 1. The zero-order valence-corrected chi connectivity index (χ0v) is 11.3. The first kappa shape index (κ1) is 13.4. The number of para-hydroxylation sites is 1. The number of nitrogens with zero attached hydrogens (tertiary/aromatic N) is 1. The van der Waals surface area contributed by atoms with Crippen molar-refractivity contribution in [2.45, 2.75) is 32.3 Å². The predicted octanol–water partition coefficient (Wildman–Crippen LogP) is 1.96. The highest BCUT2D eigenvalue weighted by Gasteiger charge is 2.29. The minimum absolute atomic E-state index is 0.269. The molecule has 0 aliphatic carbocycles. The van der Waals surface area contributed by atoms with Crippen LogP contribution in [0.4, 0.5) is 5.69 Å². The van der Waals surface area contributed by atoms with Gasteiger partial charge in [-0.3, -0.25) is 0 Å². The molecule has 3 N–H and O–H groups in total. The van der Waals surface area contributed by atoms with Crippen molar-refractivity contribution >= 4 is 5.69 Å². The number of benzene rings is 1. The molecule has 100 valence electrons. The number of anilines is 1. The topological polar surface area (TPSA) is 49.5 Å². The monoisotopic (exact) mass is 248 g/mol. The molecule has 1 heterocycles. The van der Waals surface area contributed by atoms with E-state index < -0.39 is 0 Å². The fourth-order valence-electron chi connectivity index (χ4n) is 2.64. The van der Waals surface area contributed by atoms with E-state index in [0.717, 1.165) is 26.1 Å². The van der Waals surface area contributed by atoms with E-state index in [2.05, 4.69) is 43.0 Å². The van der Waals surface area contributed by atoms with E-state index in [1.807, 2.05) is 0 Å². The third kappa shape index (κ3) is 2.68. The highest BCUT2D eigenvalue weighted by molar-refractivity contribution is 5.60. The maximum absolute atomic E-state index is 10.1. The first-order chi connectivity index (χ1) is 8.63. The number of aliphatic hydroxyl groups excluding tert-OH is 1. The lowest BCUT2D eigenvalue weighted by atomic mass is 9.98. The van der Waals surface area contributed by atoms with Gasteiger partial charge in [0.25, 0.3) is 0 Å². The number of hydrogen-bond acceptors (Lipinski definition) is 3. The maximum atomic E-state index is 10.1. The molecule has 2 rings (SSSR count). The second kappa shape index (κ2) is 5.72. The summed E-state index contributed by atoms with van der Waals surface area (Å²) in [6.45, 7) is 6.55. The molecule has 1 aliphatic heterocycles. The number of β-amino-alcohol motifs (C(OH)–C–C–N with tert-alkyl or cyclic N) is 1. The Kier molecular flexibility index (Phi) is 4.25. The molecule has 1 aliphatic rings. The van der Waals surface area contributed by atoms with Crippen molar-refractivity contribution in [1.29, 1.82) is 0 Å². The number of aliphatic hydroxyl groups is 1. The lowest BCUT2D eigenvalue weighted by molar-refractivity contribution is 0.131. The molecule has 0 aromatic heterocycles. The Bertz CT molecular complexity index is 392. The fourth-order valence-corrected chi connectivity index (χ4v) is 2.64. The highest BCUT2D eigenvalue weighted by atomic mass is 16.3. The first-order valence-electron chi connectivity index (χ1n) is 6.85. The molecule has 0 bridgehead atoms. The van der Waals surface area contributed by atoms with Crippen molar-refractivity contribution in [2.75, 3.05) is 24.5 Å². The Morgan fingerprint density at radius 2 is 2.11 bits per heavy atom. The molecule has 0 amide bonds. The molecule has 0 spiro atoms. The van der Waals surface area contributed by atoms with Crippen molar-refractivity contribution in [1.82, 2.24) is 0 Å². The Hall–Kier alpha value is -1.06. The Morgan fingerprint density at radius 1 is 1.39 bits per heavy atom. The normalized spacial score (nSPS) is 20.3. The third-order valence-electron chi connectivity index (χ3n) is 3.85. The van der Waals surface area contributed by atoms with Crippen LogP contribution >= 0.6 is 0 Å². The molecule has 0 radical (unpaired) electrons. The molecule has 2 unspecified atom stereocenters. The van der Waals surface area contributed by atoms with Crippen LogP contribution in [0.5, 0.6) is 0 Å². The molecule has 3 heteroatoms. The van der Waals surface area contributed by atoms with Gasteiger partial charge in [0.1, 0.15) is 0 Å². The maximum Gasteiger partial charge on any atom is 0.0737 e. The zero-order chi connectivity index (χ0) is 13.1. The van der Waals surface area contributed by atoms with Crippen molar-refractivity contribution in [3.8, 4) is 0 Å². The summed E-state index contributed by atoms with van der Waals surface area (Å²) >= 11 is 0. The molecular weight excluding hydrogens is 224 g/mol. The van der Waals surface area contributed by atoms with Gasteiger partial charge < -0.3 is 15.7 Å². The van der Waals surface area contributed by atoms with Crippen molar-refractivity contribution in [3.05, 3.63) is 29.8 Å². The summed E-state index contributed by atoms with van der Waals surface area (Å²) in [7, 11) is 0. The van der Waals surface area contributed by atoms with Crippen molar-refractivity contribution in [2.24, 2.45) is 11.7 Å². The average Bonchev–Trinajstić information content (AvgIpc) is 2.69. The Morgan fingerprint density at radius 3 is 2.78 bits per heavy atom. The smallest absolute Gasteiger partial charge is 0.0737 e. The number of hydrogen-bond donors (Lipinski definition) is 2. The van der Waals surface area contributed by atoms with Crippen LogP contribution in [0.25, 0.3) is 0 Å². The summed E-state index contributed by atoms with van der Waals surface area (Å²) in [5, 5.41) is 10.1. The summed E-state index contributed by atoms with van der Waals surface area (Å²) in [5.74, 6) is 0.816. The Balaban J connectivity index is 2.15. The van der Waals surface area contributed by atoms with Crippen LogP contribution in [0.3, 0.4) is 0 Å². The zero-order valence-electron chi connectivity index (χ0n) is 11.3. The standard InChI is InChI=1S/C15H24N2O/c1-11(2)15(18)10-17-9-12(7-8-16)13-5-3-4-6-14(13)17/h3-6,11-12,15,18H,7-10,16H2,1-2H3. The van der Waals surface area contributed by atoms with E-state index in [0.29, 0.717) is 11.8 Å². The highest BCUT2D eigenvalue weighted by Crippen LogP contribution is 2.37. The van der Waals surface area contributed by atoms with Gasteiger partial charge in [-0.1, -0.05) is 32.0 Å². The molecule has 18 heavy (non-hydrogen) atoms. The minimum Gasteiger partial charge on any atom is -0.391 e. The lowest BCUT2D eigenvalue weighted by Crippen LogP contribution is -2.34. The van der Waals surface area contributed by atoms with Crippen LogP contribution in [0.15, 0.2) is 24.3 Å². The molecule has 0 saturated heterocycles. The van der Waals surface area contributed by atoms with E-state index in [9.17, 15) is 5.11 Å². The van der Waals surface area contributed by atoms with E-state index in [4.69, 9.17) is 5.73 Å². The average molecular weight is 248 g/mol. The van der Waals surface area contributed by atoms with Gasteiger partial charge in [0.15, 0.2) is 0 Å². The summed E-state index contributed by atoms with van der Waals surface area (Å²) in [6.07, 6.45) is 0.750. The van der Waals surface area contributed by atoms with Gasteiger partial charge in [-0.05, 0) is 30.5 Å². The van der Waals surface area contributed by atoms with E-state index >= 15 is 0 Å². The van der Waals surface area contributed by atoms with Crippen LogP contribution in [0, 0.1) is 5.92 Å². The van der Waals surface area contributed by atoms with E-state index in [1.165, 1.54) is 11.3 Å². The largest absolute Gasteiger partial charge is 0.391 e. The van der Waals surface area contributed by atoms with Gasteiger partial charge in [-0.2, -0.15) is 0 Å². The first-order valence-corrected chi connectivity index (χ1v) is 6.85. The summed E-state index contributed by atoms with van der Waals surface area (Å²) in [5.41, 5.74) is 8.35. The van der Waals surface area contributed by atoms with Crippen LogP contribution < -0.4 is 10.6 Å². The number of fused-ring (bicyclic) bond motifs is 1. The van der Waals surface area contributed by atoms with Crippen LogP contribution in [-0.4, -0.2) is 30.8 Å². The van der Waals surface area contributed by atoms with Crippen LogP contribution in [-0.2, 0) is 0 Å². The SMILES string of the molecule is CC(C)C(O)CN1CC(CCN)c2ccccc21.